The number of carbonyl (C=O) groups excluding carboxylic acids is 1. The number of aliphatic hydroxyl groups is 1. The summed E-state index contributed by atoms with van der Waals surface area (Å²) in [5, 5.41) is 23.3. The quantitative estimate of drug-likeness (QED) is 0.725. The molecule has 1 amide bonds. The molecule has 2 aliphatic carbocycles. The van der Waals surface area contributed by atoms with E-state index in [9.17, 15) is 15.0 Å². The molecule has 2 bridgehead atoms. The van der Waals surface area contributed by atoms with Crippen molar-refractivity contribution in [2.45, 2.75) is 61.7 Å². The third-order valence-corrected chi connectivity index (χ3v) is 9.25. The fraction of sp³-hybridized carbons (Fsp3) is 0.556. The number of nitrogens with zero attached hydrogens (tertiary/aromatic N) is 3. The van der Waals surface area contributed by atoms with Crippen molar-refractivity contribution >= 4 is 5.91 Å². The van der Waals surface area contributed by atoms with Gasteiger partial charge in [0.2, 0.25) is 5.91 Å². The number of phenols is 1. The minimum absolute atomic E-state index is 0.00573. The fourth-order valence-corrected chi connectivity index (χ4v) is 7.42. The Morgan fingerprint density at radius 3 is 2.76 bits per heavy atom. The topological polar surface area (TPSA) is 86.1 Å². The third kappa shape index (κ3) is 2.77. The number of likely N-dealkylation sites (tertiary alicyclic amines) is 2. The molecule has 1 aromatic heterocycles. The number of hydrogen-bond donors (Lipinski definition) is 2. The van der Waals surface area contributed by atoms with E-state index in [1.807, 2.05) is 23.1 Å². The molecule has 3 aliphatic heterocycles. The van der Waals surface area contributed by atoms with Gasteiger partial charge in [0.1, 0.15) is 6.10 Å². The molecule has 7 heteroatoms. The maximum absolute atomic E-state index is 13.4. The van der Waals surface area contributed by atoms with Crippen molar-refractivity contribution in [1.82, 2.24) is 14.8 Å². The smallest absolute Gasteiger partial charge is 0.227 e. The second kappa shape index (κ2) is 7.18. The molecule has 2 saturated heterocycles. The number of phenolic OH excluding ortho intramolecular Hbond substituents is 1. The number of piperidine rings is 1. The van der Waals surface area contributed by atoms with Crippen LogP contribution in [-0.4, -0.2) is 74.8 Å². The van der Waals surface area contributed by atoms with E-state index in [4.69, 9.17) is 4.74 Å². The van der Waals surface area contributed by atoms with Crippen LogP contribution in [0, 0.1) is 5.92 Å². The van der Waals surface area contributed by atoms with Gasteiger partial charge in [0.25, 0.3) is 0 Å². The normalized spacial score (nSPS) is 33.7. The van der Waals surface area contributed by atoms with Crippen LogP contribution >= 0.6 is 0 Å². The molecule has 2 N–H and O–H groups in total. The number of hydrogen-bond acceptors (Lipinski definition) is 6. The molecular formula is C27H31N3O4. The number of pyridine rings is 1. The number of benzene rings is 1. The number of carbonyl (C=O) groups is 1. The largest absolute Gasteiger partial charge is 0.504 e. The molecule has 178 valence electrons. The van der Waals surface area contributed by atoms with Crippen LogP contribution in [0.5, 0.6) is 11.5 Å². The molecule has 4 atom stereocenters. The Labute approximate surface area is 199 Å². The number of ether oxygens (including phenoxy) is 1. The Bertz CT molecular complexity index is 1150. The summed E-state index contributed by atoms with van der Waals surface area (Å²) in [5.74, 6) is 1.45. The summed E-state index contributed by atoms with van der Waals surface area (Å²) >= 11 is 0. The predicted molar refractivity (Wildman–Crippen MR) is 125 cm³/mol. The molecular weight excluding hydrogens is 430 g/mol. The number of aromatic nitrogens is 1. The van der Waals surface area contributed by atoms with Gasteiger partial charge in [0, 0.05) is 37.1 Å². The van der Waals surface area contributed by atoms with Crippen molar-refractivity contribution in [2.75, 3.05) is 26.2 Å². The third-order valence-electron chi connectivity index (χ3n) is 9.25. The molecule has 2 aromatic rings. The first-order chi connectivity index (χ1) is 16.5. The van der Waals surface area contributed by atoms with E-state index in [1.165, 1.54) is 18.4 Å². The summed E-state index contributed by atoms with van der Waals surface area (Å²) in [6.45, 7) is 2.90. The Kier molecular flexibility index (Phi) is 4.38. The van der Waals surface area contributed by atoms with Crippen LogP contribution < -0.4 is 4.74 Å². The number of aromatic hydroxyl groups is 1. The molecule has 7 nitrogen and oxygen atoms in total. The van der Waals surface area contributed by atoms with E-state index in [0.717, 1.165) is 43.0 Å². The zero-order chi connectivity index (χ0) is 23.1. The van der Waals surface area contributed by atoms with Gasteiger partial charge in [0.15, 0.2) is 11.5 Å². The molecule has 4 heterocycles. The van der Waals surface area contributed by atoms with Gasteiger partial charge in [-0.1, -0.05) is 6.07 Å². The standard InChI is InChI=1S/C27H31N3O4/c31-20-4-3-19-14-21-27(33)8-12-30(23(32)13-17-5-9-28-10-6-17)16-22-26(27,24(19)25(20)34-22)7-11-29(21)15-18-1-2-18/h3-6,9-10,18,21-22,31,33H,1-2,7-8,11-16H2/t21-,22+,26-,27-/m1/s1. The van der Waals surface area contributed by atoms with Crippen LogP contribution in [0.25, 0.3) is 0 Å². The summed E-state index contributed by atoms with van der Waals surface area (Å²) < 4.78 is 6.48. The zero-order valence-corrected chi connectivity index (χ0v) is 19.3. The van der Waals surface area contributed by atoms with Crippen molar-refractivity contribution in [2.24, 2.45) is 5.92 Å². The first-order valence-corrected chi connectivity index (χ1v) is 12.6. The Hall–Kier alpha value is -2.64. The van der Waals surface area contributed by atoms with Gasteiger partial charge in [-0.25, -0.2) is 0 Å². The Morgan fingerprint density at radius 1 is 1.15 bits per heavy atom. The molecule has 0 radical (unpaired) electrons. The highest BCUT2D eigenvalue weighted by atomic mass is 16.5. The van der Waals surface area contributed by atoms with Gasteiger partial charge in [-0.05, 0) is 73.9 Å². The maximum Gasteiger partial charge on any atom is 0.227 e. The lowest BCUT2D eigenvalue weighted by atomic mass is 9.52. The summed E-state index contributed by atoms with van der Waals surface area (Å²) in [5.41, 5.74) is 1.53. The van der Waals surface area contributed by atoms with E-state index in [1.54, 1.807) is 18.5 Å². The first-order valence-electron chi connectivity index (χ1n) is 12.6. The van der Waals surface area contributed by atoms with Gasteiger partial charge in [-0.2, -0.15) is 0 Å². The summed E-state index contributed by atoms with van der Waals surface area (Å²) in [6, 6.07) is 7.50. The van der Waals surface area contributed by atoms with Crippen molar-refractivity contribution in [3.8, 4) is 11.5 Å². The predicted octanol–water partition coefficient (Wildman–Crippen LogP) is 2.03. The summed E-state index contributed by atoms with van der Waals surface area (Å²) in [7, 11) is 0. The van der Waals surface area contributed by atoms with Gasteiger partial charge >= 0.3 is 0 Å². The van der Waals surface area contributed by atoms with Gasteiger partial charge in [-0.3, -0.25) is 14.7 Å². The molecule has 5 aliphatic rings. The molecule has 1 spiro atoms. The van der Waals surface area contributed by atoms with Crippen LogP contribution in [0.15, 0.2) is 36.7 Å². The average molecular weight is 462 g/mol. The highest BCUT2D eigenvalue weighted by Crippen LogP contribution is 2.63. The van der Waals surface area contributed by atoms with Crippen LogP contribution in [-0.2, 0) is 23.1 Å². The minimum atomic E-state index is -0.997. The Balaban J connectivity index is 1.29. The van der Waals surface area contributed by atoms with Crippen LogP contribution in [0.3, 0.4) is 0 Å². The SMILES string of the molecule is O=C(Cc1ccncc1)N1CC[C@@]2(O)[C@H]3Cc4ccc(O)c5c4[C@@]2(CCN3CC2CC2)[C@H](C1)O5. The van der Waals surface area contributed by atoms with Gasteiger partial charge in [-0.15, -0.1) is 0 Å². The number of amides is 1. The molecule has 3 fully saturated rings. The zero-order valence-electron chi connectivity index (χ0n) is 19.3. The monoisotopic (exact) mass is 461 g/mol. The van der Waals surface area contributed by atoms with Gasteiger partial charge < -0.3 is 19.8 Å². The molecule has 7 rings (SSSR count). The van der Waals surface area contributed by atoms with Gasteiger partial charge in [0.05, 0.1) is 24.0 Å². The lowest BCUT2D eigenvalue weighted by molar-refractivity contribution is -0.162. The average Bonchev–Trinajstić information content (AvgIpc) is 3.60. The van der Waals surface area contributed by atoms with E-state index in [-0.39, 0.29) is 23.8 Å². The summed E-state index contributed by atoms with van der Waals surface area (Å²) in [4.78, 5) is 21.8. The second-order valence-electron chi connectivity index (χ2n) is 11.0. The lowest BCUT2D eigenvalue weighted by Gasteiger charge is -2.60. The van der Waals surface area contributed by atoms with Crippen molar-refractivity contribution < 1.29 is 19.7 Å². The molecule has 1 aromatic carbocycles. The second-order valence-corrected chi connectivity index (χ2v) is 11.0. The van der Waals surface area contributed by atoms with Crippen LogP contribution in [0.4, 0.5) is 0 Å². The molecule has 1 saturated carbocycles. The molecule has 0 unspecified atom stereocenters. The van der Waals surface area contributed by atoms with Crippen LogP contribution in [0.1, 0.15) is 42.4 Å². The van der Waals surface area contributed by atoms with Crippen molar-refractivity contribution in [3.05, 3.63) is 53.3 Å². The first kappa shape index (κ1) is 20.7. The van der Waals surface area contributed by atoms with Crippen LogP contribution in [0.2, 0.25) is 0 Å². The molecule has 34 heavy (non-hydrogen) atoms. The lowest BCUT2D eigenvalue weighted by Crippen LogP contribution is -2.74. The fourth-order valence-electron chi connectivity index (χ4n) is 7.42. The van der Waals surface area contributed by atoms with Crippen molar-refractivity contribution in [1.29, 1.82) is 0 Å². The van der Waals surface area contributed by atoms with E-state index < -0.39 is 11.0 Å². The summed E-state index contributed by atoms with van der Waals surface area (Å²) in [6.07, 6.45) is 7.99. The maximum atomic E-state index is 13.4. The van der Waals surface area contributed by atoms with E-state index in [0.29, 0.717) is 31.7 Å². The highest BCUT2D eigenvalue weighted by molar-refractivity contribution is 5.79. The van der Waals surface area contributed by atoms with Crippen molar-refractivity contribution in [3.63, 3.8) is 0 Å². The number of rotatable bonds is 4. The minimum Gasteiger partial charge on any atom is -0.504 e. The highest BCUT2D eigenvalue weighted by Gasteiger charge is 2.71. The van der Waals surface area contributed by atoms with E-state index >= 15 is 0 Å². The Morgan fingerprint density at radius 2 is 1.97 bits per heavy atom. The van der Waals surface area contributed by atoms with E-state index in [2.05, 4.69) is 9.88 Å².